The Morgan fingerprint density at radius 3 is 2.63 bits per heavy atom. The van der Waals surface area contributed by atoms with E-state index in [4.69, 9.17) is 4.42 Å². The maximum atomic E-state index is 12.5. The first-order valence-corrected chi connectivity index (χ1v) is 10.7. The van der Waals surface area contributed by atoms with Gasteiger partial charge < -0.3 is 14.6 Å². The molecule has 27 heavy (non-hydrogen) atoms. The van der Waals surface area contributed by atoms with Crippen molar-refractivity contribution in [2.45, 2.75) is 10.8 Å². The number of furan rings is 1. The van der Waals surface area contributed by atoms with Crippen LogP contribution >= 0.6 is 11.3 Å². The standard InChI is InChI=1S/C16H20N4O5S2/c21-14(18-16(22)17-11-13-3-1-9-25-13)12-19-5-7-20(8-6-19)27(23,24)15-4-2-10-26-15/h1-4,9-10H,5-8,11-12H2,(H2,17,18,21,22)/p+1. The number of urea groups is 1. The summed E-state index contributed by atoms with van der Waals surface area (Å²) >= 11 is 1.19. The summed E-state index contributed by atoms with van der Waals surface area (Å²) in [6.07, 6.45) is 1.50. The zero-order valence-corrected chi connectivity index (χ0v) is 16.1. The fourth-order valence-electron chi connectivity index (χ4n) is 2.78. The first-order valence-electron chi connectivity index (χ1n) is 8.42. The van der Waals surface area contributed by atoms with Crippen molar-refractivity contribution in [2.24, 2.45) is 0 Å². The van der Waals surface area contributed by atoms with Crippen LogP contribution in [0.25, 0.3) is 0 Å². The minimum atomic E-state index is -3.45. The molecule has 3 amide bonds. The van der Waals surface area contributed by atoms with Gasteiger partial charge in [-0.25, -0.2) is 13.2 Å². The lowest BCUT2D eigenvalue weighted by atomic mass is 10.3. The number of imide groups is 1. The summed E-state index contributed by atoms with van der Waals surface area (Å²) in [6.45, 7) is 2.00. The van der Waals surface area contributed by atoms with Gasteiger partial charge in [-0.3, -0.25) is 10.1 Å². The molecular weight excluding hydrogens is 392 g/mol. The molecule has 1 aliphatic rings. The minimum Gasteiger partial charge on any atom is -0.467 e. The smallest absolute Gasteiger partial charge is 0.321 e. The molecule has 146 valence electrons. The summed E-state index contributed by atoms with van der Waals surface area (Å²) in [4.78, 5) is 24.7. The van der Waals surface area contributed by atoms with Gasteiger partial charge in [-0.15, -0.1) is 11.3 Å². The highest BCUT2D eigenvalue weighted by atomic mass is 32.2. The monoisotopic (exact) mass is 413 g/mol. The molecule has 2 aromatic heterocycles. The Labute approximate surface area is 161 Å². The number of amides is 3. The van der Waals surface area contributed by atoms with Crippen LogP contribution in [-0.4, -0.2) is 57.4 Å². The number of carbonyl (C=O) groups is 2. The van der Waals surface area contributed by atoms with Crippen molar-refractivity contribution in [3.05, 3.63) is 41.7 Å². The van der Waals surface area contributed by atoms with Crippen molar-refractivity contribution < 1.29 is 27.3 Å². The summed E-state index contributed by atoms with van der Waals surface area (Å²) in [6, 6.07) is 6.14. The highest BCUT2D eigenvalue weighted by Gasteiger charge is 2.31. The first kappa shape index (κ1) is 19.5. The lowest BCUT2D eigenvalue weighted by Crippen LogP contribution is -3.15. The third-order valence-electron chi connectivity index (χ3n) is 4.19. The van der Waals surface area contributed by atoms with Crippen LogP contribution in [0.2, 0.25) is 0 Å². The predicted octanol–water partition coefficient (Wildman–Crippen LogP) is -0.744. The van der Waals surface area contributed by atoms with Gasteiger partial charge in [0.1, 0.15) is 9.97 Å². The van der Waals surface area contributed by atoms with Crippen molar-refractivity contribution in [3.8, 4) is 0 Å². The Bertz CT molecular complexity index is 857. The lowest BCUT2D eigenvalue weighted by molar-refractivity contribution is -0.895. The second-order valence-corrected chi connectivity index (χ2v) is 9.19. The lowest BCUT2D eigenvalue weighted by Gasteiger charge is -2.30. The van der Waals surface area contributed by atoms with E-state index in [2.05, 4.69) is 10.6 Å². The SMILES string of the molecule is O=C(C[NH+]1CCN(S(=O)(=O)c2cccs2)CC1)NC(=O)NCc1ccco1. The van der Waals surface area contributed by atoms with Crippen LogP contribution in [-0.2, 0) is 21.4 Å². The van der Waals surface area contributed by atoms with Gasteiger partial charge >= 0.3 is 6.03 Å². The van der Waals surface area contributed by atoms with E-state index in [1.165, 1.54) is 21.9 Å². The predicted molar refractivity (Wildman–Crippen MR) is 97.7 cm³/mol. The Morgan fingerprint density at radius 1 is 1.22 bits per heavy atom. The summed E-state index contributed by atoms with van der Waals surface area (Å²) in [5, 5.41) is 6.54. The van der Waals surface area contributed by atoms with Gasteiger partial charge in [0.2, 0.25) is 0 Å². The molecule has 0 spiro atoms. The van der Waals surface area contributed by atoms with Crippen molar-refractivity contribution in [3.63, 3.8) is 0 Å². The molecule has 11 heteroatoms. The second kappa shape index (κ2) is 8.65. The molecule has 0 unspecified atom stereocenters. The molecule has 0 bridgehead atoms. The number of quaternary nitrogens is 1. The Balaban J connectivity index is 1.41. The van der Waals surface area contributed by atoms with E-state index < -0.39 is 22.0 Å². The quantitative estimate of drug-likeness (QED) is 0.577. The van der Waals surface area contributed by atoms with E-state index >= 15 is 0 Å². The van der Waals surface area contributed by atoms with Crippen LogP contribution in [0.3, 0.4) is 0 Å². The van der Waals surface area contributed by atoms with Gasteiger partial charge in [0, 0.05) is 0 Å². The summed E-state index contributed by atoms with van der Waals surface area (Å²) in [5.41, 5.74) is 0. The van der Waals surface area contributed by atoms with Crippen molar-refractivity contribution in [2.75, 3.05) is 32.7 Å². The van der Waals surface area contributed by atoms with Crippen LogP contribution < -0.4 is 15.5 Å². The number of rotatable bonds is 6. The third kappa shape index (κ3) is 5.16. The van der Waals surface area contributed by atoms with Gasteiger partial charge in [0.05, 0.1) is 39.0 Å². The number of hydrogen-bond acceptors (Lipinski definition) is 6. The molecule has 0 aromatic carbocycles. The number of piperazine rings is 1. The molecule has 0 atom stereocenters. The molecule has 0 aliphatic carbocycles. The minimum absolute atomic E-state index is 0.112. The van der Waals surface area contributed by atoms with Crippen LogP contribution in [0.15, 0.2) is 44.5 Å². The van der Waals surface area contributed by atoms with Crippen LogP contribution in [0, 0.1) is 0 Å². The summed E-state index contributed by atoms with van der Waals surface area (Å²) in [5.74, 6) is 0.183. The van der Waals surface area contributed by atoms with Crippen LogP contribution in [0.5, 0.6) is 0 Å². The molecule has 3 heterocycles. The van der Waals surface area contributed by atoms with Gasteiger partial charge in [-0.05, 0) is 23.6 Å². The fourth-order valence-corrected chi connectivity index (χ4v) is 5.37. The van der Waals surface area contributed by atoms with E-state index in [1.54, 1.807) is 29.6 Å². The average Bonchev–Trinajstić information content (AvgIpc) is 3.34. The maximum absolute atomic E-state index is 12.5. The number of carbonyl (C=O) groups excluding carboxylic acids is 2. The Morgan fingerprint density at radius 2 is 2.00 bits per heavy atom. The number of nitrogens with one attached hydrogen (secondary N) is 3. The normalized spacial score (nSPS) is 16.1. The van der Waals surface area contributed by atoms with E-state index in [0.29, 0.717) is 36.1 Å². The van der Waals surface area contributed by atoms with Gasteiger partial charge in [0.15, 0.2) is 6.54 Å². The molecule has 1 aliphatic heterocycles. The number of sulfonamides is 1. The molecule has 1 saturated heterocycles. The van der Waals surface area contributed by atoms with Gasteiger partial charge in [-0.2, -0.15) is 4.31 Å². The van der Waals surface area contributed by atoms with Crippen molar-refractivity contribution in [1.82, 2.24) is 14.9 Å². The summed E-state index contributed by atoms with van der Waals surface area (Å²) in [7, 11) is -3.45. The average molecular weight is 414 g/mol. The number of hydrogen-bond donors (Lipinski definition) is 3. The zero-order valence-electron chi connectivity index (χ0n) is 14.5. The van der Waals surface area contributed by atoms with Gasteiger partial charge in [0.25, 0.3) is 15.9 Å². The Hall–Kier alpha value is -2.21. The van der Waals surface area contributed by atoms with Crippen molar-refractivity contribution in [1.29, 1.82) is 0 Å². The molecule has 0 saturated carbocycles. The van der Waals surface area contributed by atoms with Gasteiger partial charge in [-0.1, -0.05) is 6.07 Å². The number of nitrogens with zero attached hydrogens (tertiary/aromatic N) is 1. The fraction of sp³-hybridized carbons (Fsp3) is 0.375. The second-order valence-electron chi connectivity index (χ2n) is 6.07. The van der Waals surface area contributed by atoms with Crippen LogP contribution in [0.1, 0.15) is 5.76 Å². The molecule has 9 nitrogen and oxygen atoms in total. The molecule has 2 aromatic rings. The molecule has 3 N–H and O–H groups in total. The first-order chi connectivity index (χ1) is 12.9. The highest BCUT2D eigenvalue weighted by Crippen LogP contribution is 2.20. The van der Waals surface area contributed by atoms with E-state index in [0.717, 1.165) is 4.90 Å². The van der Waals surface area contributed by atoms with E-state index in [9.17, 15) is 18.0 Å². The summed E-state index contributed by atoms with van der Waals surface area (Å²) < 4.78 is 31.8. The molecular formula is C16H21N4O5S2+. The molecule has 1 fully saturated rings. The zero-order chi connectivity index (χ0) is 19.3. The van der Waals surface area contributed by atoms with Crippen LogP contribution in [0.4, 0.5) is 4.79 Å². The third-order valence-corrected chi connectivity index (χ3v) is 7.46. The Kier molecular flexibility index (Phi) is 6.26. The molecule has 0 radical (unpaired) electrons. The molecule has 3 rings (SSSR count). The largest absolute Gasteiger partial charge is 0.467 e. The van der Waals surface area contributed by atoms with E-state index in [1.807, 2.05) is 0 Å². The topological polar surface area (TPSA) is 113 Å². The highest BCUT2D eigenvalue weighted by molar-refractivity contribution is 7.91. The van der Waals surface area contributed by atoms with E-state index in [-0.39, 0.29) is 13.1 Å². The van der Waals surface area contributed by atoms with Crippen molar-refractivity contribution >= 4 is 33.3 Å². The number of thiophene rings is 1. The maximum Gasteiger partial charge on any atom is 0.321 e.